The molecule has 0 aromatic carbocycles. The SMILES string of the molecule is O=C(CC(F)(F)F)N1CCCC(Oc2ncc(F)cn2)C1. The highest BCUT2D eigenvalue weighted by atomic mass is 19.4. The van der Waals surface area contributed by atoms with Gasteiger partial charge in [-0.2, -0.15) is 13.2 Å². The first-order valence-corrected chi connectivity index (χ1v) is 6.32. The number of hydrogen-bond acceptors (Lipinski definition) is 4. The van der Waals surface area contributed by atoms with E-state index in [0.717, 1.165) is 17.3 Å². The van der Waals surface area contributed by atoms with Gasteiger partial charge >= 0.3 is 12.2 Å². The highest BCUT2D eigenvalue weighted by Crippen LogP contribution is 2.23. The average molecular weight is 307 g/mol. The molecule has 1 aliphatic heterocycles. The Balaban J connectivity index is 1.91. The molecule has 1 aromatic heterocycles. The van der Waals surface area contributed by atoms with Gasteiger partial charge in [-0.3, -0.25) is 4.79 Å². The summed E-state index contributed by atoms with van der Waals surface area (Å²) in [6, 6.07) is -0.0634. The molecule has 0 aliphatic carbocycles. The molecule has 1 unspecified atom stereocenters. The Kier molecular flexibility index (Phi) is 4.59. The Morgan fingerprint density at radius 2 is 2.05 bits per heavy atom. The number of nitrogens with zero attached hydrogens (tertiary/aromatic N) is 3. The fourth-order valence-electron chi connectivity index (χ4n) is 2.05. The third-order valence-electron chi connectivity index (χ3n) is 2.95. The molecule has 1 fully saturated rings. The summed E-state index contributed by atoms with van der Waals surface area (Å²) in [6.07, 6.45) is -3.56. The van der Waals surface area contributed by atoms with Crippen LogP contribution in [0.25, 0.3) is 0 Å². The van der Waals surface area contributed by atoms with Gasteiger partial charge in [0.05, 0.1) is 18.9 Å². The molecule has 1 amide bonds. The molecule has 0 bridgehead atoms. The summed E-state index contributed by atoms with van der Waals surface area (Å²) in [4.78, 5) is 19.9. The summed E-state index contributed by atoms with van der Waals surface area (Å²) >= 11 is 0. The lowest BCUT2D eigenvalue weighted by Crippen LogP contribution is -2.45. The lowest BCUT2D eigenvalue weighted by molar-refractivity contribution is -0.163. The van der Waals surface area contributed by atoms with Gasteiger partial charge in [-0.05, 0) is 12.8 Å². The number of amides is 1. The predicted molar refractivity (Wildman–Crippen MR) is 62.9 cm³/mol. The number of carbonyl (C=O) groups excluding carboxylic acids is 1. The number of halogens is 4. The van der Waals surface area contributed by atoms with E-state index >= 15 is 0 Å². The number of carbonyl (C=O) groups is 1. The standard InChI is InChI=1S/C12H13F4N3O2/c13-8-5-17-11(18-6-8)21-9-2-1-3-19(7-9)10(20)4-12(14,15)16/h5-6,9H,1-4,7H2. The van der Waals surface area contributed by atoms with E-state index in [4.69, 9.17) is 4.74 Å². The summed E-state index contributed by atoms with van der Waals surface area (Å²) in [5.41, 5.74) is 0. The number of rotatable bonds is 3. The van der Waals surface area contributed by atoms with Crippen LogP contribution in [0.3, 0.4) is 0 Å². The van der Waals surface area contributed by atoms with Gasteiger partial charge < -0.3 is 9.64 Å². The minimum Gasteiger partial charge on any atom is -0.458 e. The number of hydrogen-bond donors (Lipinski definition) is 0. The molecule has 21 heavy (non-hydrogen) atoms. The van der Waals surface area contributed by atoms with Crippen molar-refractivity contribution in [1.29, 1.82) is 0 Å². The van der Waals surface area contributed by atoms with E-state index in [9.17, 15) is 22.4 Å². The first-order valence-electron chi connectivity index (χ1n) is 6.32. The second kappa shape index (κ2) is 6.23. The van der Waals surface area contributed by atoms with Gasteiger partial charge in [-0.25, -0.2) is 14.4 Å². The summed E-state index contributed by atoms with van der Waals surface area (Å²) in [6.45, 7) is 0.300. The van der Waals surface area contributed by atoms with Crippen molar-refractivity contribution in [3.05, 3.63) is 18.2 Å². The van der Waals surface area contributed by atoms with Crippen LogP contribution in [0.5, 0.6) is 6.01 Å². The quantitative estimate of drug-likeness (QED) is 0.801. The smallest absolute Gasteiger partial charge is 0.397 e. The minimum atomic E-state index is -4.52. The number of piperidine rings is 1. The molecule has 116 valence electrons. The van der Waals surface area contributed by atoms with E-state index in [-0.39, 0.29) is 19.1 Å². The summed E-state index contributed by atoms with van der Waals surface area (Å²) in [7, 11) is 0. The third kappa shape index (κ3) is 4.83. The minimum absolute atomic E-state index is 0.0374. The number of ether oxygens (including phenoxy) is 1. The summed E-state index contributed by atoms with van der Waals surface area (Å²) in [5.74, 6) is -1.59. The zero-order valence-corrected chi connectivity index (χ0v) is 10.9. The highest BCUT2D eigenvalue weighted by Gasteiger charge is 2.35. The van der Waals surface area contributed by atoms with Crippen molar-refractivity contribution in [3.63, 3.8) is 0 Å². The monoisotopic (exact) mass is 307 g/mol. The van der Waals surface area contributed by atoms with Crippen molar-refractivity contribution in [3.8, 4) is 6.01 Å². The largest absolute Gasteiger partial charge is 0.458 e. The fourth-order valence-corrected chi connectivity index (χ4v) is 2.05. The normalized spacial score (nSPS) is 19.4. The van der Waals surface area contributed by atoms with Crippen molar-refractivity contribution >= 4 is 5.91 Å². The van der Waals surface area contributed by atoms with Crippen molar-refractivity contribution in [2.45, 2.75) is 31.5 Å². The number of aromatic nitrogens is 2. The maximum Gasteiger partial charge on any atom is 0.397 e. The molecule has 1 aromatic rings. The van der Waals surface area contributed by atoms with Gasteiger partial charge in [0.2, 0.25) is 5.91 Å². The highest BCUT2D eigenvalue weighted by molar-refractivity contribution is 5.77. The summed E-state index contributed by atoms with van der Waals surface area (Å²) in [5, 5.41) is 0. The molecule has 5 nitrogen and oxygen atoms in total. The lowest BCUT2D eigenvalue weighted by atomic mass is 10.1. The van der Waals surface area contributed by atoms with Crippen LogP contribution in [-0.4, -0.2) is 46.1 Å². The van der Waals surface area contributed by atoms with Crippen molar-refractivity contribution in [2.24, 2.45) is 0 Å². The fraction of sp³-hybridized carbons (Fsp3) is 0.583. The first kappa shape index (κ1) is 15.5. The molecule has 1 saturated heterocycles. The zero-order valence-electron chi connectivity index (χ0n) is 10.9. The van der Waals surface area contributed by atoms with E-state index in [1.165, 1.54) is 0 Å². The lowest BCUT2D eigenvalue weighted by Gasteiger charge is -2.32. The van der Waals surface area contributed by atoms with Crippen LogP contribution in [-0.2, 0) is 4.79 Å². The molecule has 9 heteroatoms. The van der Waals surface area contributed by atoms with Crippen molar-refractivity contribution < 1.29 is 27.1 Å². The van der Waals surface area contributed by atoms with E-state index in [1.807, 2.05) is 0 Å². The van der Waals surface area contributed by atoms with Gasteiger partial charge in [0, 0.05) is 6.54 Å². The predicted octanol–water partition coefficient (Wildman–Crippen LogP) is 1.94. The van der Waals surface area contributed by atoms with Gasteiger partial charge in [-0.1, -0.05) is 0 Å². The molecular weight excluding hydrogens is 294 g/mol. The molecule has 1 aliphatic rings. The molecule has 0 radical (unpaired) electrons. The summed E-state index contributed by atoms with van der Waals surface area (Å²) < 4.78 is 54.6. The number of alkyl halides is 3. The molecule has 1 atom stereocenters. The Labute approximate surface area is 117 Å². The van der Waals surface area contributed by atoms with Crippen LogP contribution in [0.4, 0.5) is 17.6 Å². The maximum atomic E-state index is 12.7. The molecule has 0 saturated carbocycles. The van der Waals surface area contributed by atoms with E-state index < -0.39 is 30.4 Å². The third-order valence-corrected chi connectivity index (χ3v) is 2.95. The Morgan fingerprint density at radius 3 is 2.67 bits per heavy atom. The first-order chi connectivity index (χ1) is 9.83. The zero-order chi connectivity index (χ0) is 15.5. The van der Waals surface area contributed by atoms with E-state index in [2.05, 4.69) is 9.97 Å². The maximum absolute atomic E-state index is 12.7. The van der Waals surface area contributed by atoms with E-state index in [1.54, 1.807) is 0 Å². The Hall–Kier alpha value is -1.93. The molecule has 2 heterocycles. The van der Waals surface area contributed by atoms with Crippen LogP contribution in [0, 0.1) is 5.82 Å². The Bertz CT molecular complexity index is 492. The van der Waals surface area contributed by atoms with Gasteiger partial charge in [0.25, 0.3) is 0 Å². The topological polar surface area (TPSA) is 55.3 Å². The van der Waals surface area contributed by atoms with Gasteiger partial charge in [0.1, 0.15) is 12.5 Å². The molecule has 0 N–H and O–H groups in total. The molecular formula is C12H13F4N3O2. The van der Waals surface area contributed by atoms with Crippen LogP contribution < -0.4 is 4.74 Å². The van der Waals surface area contributed by atoms with Crippen LogP contribution in [0.2, 0.25) is 0 Å². The van der Waals surface area contributed by atoms with Gasteiger partial charge in [0.15, 0.2) is 5.82 Å². The second-order valence-electron chi connectivity index (χ2n) is 4.70. The van der Waals surface area contributed by atoms with Gasteiger partial charge in [-0.15, -0.1) is 0 Å². The van der Waals surface area contributed by atoms with Crippen molar-refractivity contribution in [1.82, 2.24) is 14.9 Å². The van der Waals surface area contributed by atoms with E-state index in [0.29, 0.717) is 12.8 Å². The Morgan fingerprint density at radius 1 is 1.38 bits per heavy atom. The average Bonchev–Trinajstić information content (AvgIpc) is 2.40. The number of likely N-dealkylation sites (tertiary alicyclic amines) is 1. The second-order valence-corrected chi connectivity index (χ2v) is 4.70. The molecule has 0 spiro atoms. The van der Waals surface area contributed by atoms with Crippen LogP contribution in [0.15, 0.2) is 12.4 Å². The van der Waals surface area contributed by atoms with Crippen LogP contribution >= 0.6 is 0 Å². The van der Waals surface area contributed by atoms with Crippen molar-refractivity contribution in [2.75, 3.05) is 13.1 Å². The molecule has 2 rings (SSSR count). The van der Waals surface area contributed by atoms with Crippen LogP contribution in [0.1, 0.15) is 19.3 Å².